The van der Waals surface area contributed by atoms with Gasteiger partial charge in [0, 0.05) is 34.4 Å². The second kappa shape index (κ2) is 8.72. The van der Waals surface area contributed by atoms with Crippen LogP contribution in [0.5, 0.6) is 5.75 Å². The van der Waals surface area contributed by atoms with Gasteiger partial charge in [0.05, 0.1) is 12.6 Å². The van der Waals surface area contributed by atoms with Crippen molar-refractivity contribution in [3.63, 3.8) is 0 Å². The van der Waals surface area contributed by atoms with E-state index in [1.54, 1.807) is 12.3 Å². The van der Waals surface area contributed by atoms with Gasteiger partial charge in [0.25, 0.3) is 0 Å². The summed E-state index contributed by atoms with van der Waals surface area (Å²) in [6.45, 7) is 2.13. The van der Waals surface area contributed by atoms with E-state index in [-0.39, 0.29) is 6.04 Å². The molecule has 5 nitrogen and oxygen atoms in total. The highest BCUT2D eigenvalue weighted by atomic mass is 35.5. The highest BCUT2D eigenvalue weighted by Gasteiger charge is 2.29. The van der Waals surface area contributed by atoms with Gasteiger partial charge in [0.15, 0.2) is 0 Å². The van der Waals surface area contributed by atoms with E-state index in [0.29, 0.717) is 13.2 Å². The van der Waals surface area contributed by atoms with Gasteiger partial charge in [-0.2, -0.15) is 0 Å². The van der Waals surface area contributed by atoms with Crippen LogP contribution < -0.4 is 10.5 Å². The lowest BCUT2D eigenvalue weighted by atomic mass is 9.93. The first-order valence-corrected chi connectivity index (χ1v) is 10.1. The van der Waals surface area contributed by atoms with Gasteiger partial charge in [0.1, 0.15) is 12.4 Å². The van der Waals surface area contributed by atoms with Crippen LogP contribution >= 0.6 is 11.6 Å². The summed E-state index contributed by atoms with van der Waals surface area (Å²) >= 11 is 6.24. The number of nitrogens with zero attached hydrogens (tertiary/aromatic N) is 2. The minimum absolute atomic E-state index is 0.187. The van der Waals surface area contributed by atoms with Crippen LogP contribution in [0.25, 0.3) is 10.9 Å². The predicted octanol–water partition coefficient (Wildman–Crippen LogP) is 4.32. The van der Waals surface area contributed by atoms with Crippen LogP contribution in [-0.4, -0.2) is 42.8 Å². The summed E-state index contributed by atoms with van der Waals surface area (Å²) in [6.07, 6.45) is 5.85. The van der Waals surface area contributed by atoms with E-state index in [1.807, 2.05) is 18.2 Å². The molecule has 0 saturated carbocycles. The number of hydrogen-bond acceptors (Lipinski definition) is 4. The van der Waals surface area contributed by atoms with Crippen molar-refractivity contribution in [1.82, 2.24) is 9.88 Å². The van der Waals surface area contributed by atoms with E-state index in [1.165, 1.54) is 28.4 Å². The molecule has 1 aliphatic heterocycles. The fraction of sp³-hybridized carbons (Fsp3) is 0.261. The van der Waals surface area contributed by atoms with Gasteiger partial charge in [0.2, 0.25) is 0 Å². The van der Waals surface area contributed by atoms with Gasteiger partial charge in [-0.05, 0) is 67.2 Å². The molecule has 0 saturated heterocycles. The number of benzene rings is 2. The largest absolute Gasteiger partial charge is 0.492 e. The maximum atomic E-state index is 6.24. The maximum Gasteiger partial charge on any atom is 0.119 e. The number of hydrogen-bond donors (Lipinski definition) is 2. The Morgan fingerprint density at radius 3 is 2.90 bits per heavy atom. The molecule has 1 aliphatic rings. The first-order chi connectivity index (χ1) is 14.2. The molecule has 0 aliphatic carbocycles. The number of ether oxygens (including phenoxy) is 1. The number of nitrogens with two attached hydrogens (primary N) is 1. The summed E-state index contributed by atoms with van der Waals surface area (Å²) in [5, 5.41) is 2.01. The van der Waals surface area contributed by atoms with Crippen molar-refractivity contribution in [2.24, 2.45) is 10.7 Å². The molecule has 29 heavy (non-hydrogen) atoms. The Hall–Kier alpha value is -2.76. The van der Waals surface area contributed by atoms with E-state index in [9.17, 15) is 0 Å². The lowest BCUT2D eigenvalue weighted by Crippen LogP contribution is -2.32. The molecular weight excluding hydrogens is 384 g/mol. The SMILES string of the molecule is CN1CCc2c([nH]c3ccc(Cl)cc23)C1c1ccc(OCCN=C/C=C\N)cc1. The Morgan fingerprint density at radius 1 is 1.28 bits per heavy atom. The number of aliphatic imine (C=N–C) groups is 1. The Bertz CT molecular complexity index is 1040. The van der Waals surface area contributed by atoms with E-state index in [2.05, 4.69) is 46.2 Å². The topological polar surface area (TPSA) is 66.6 Å². The van der Waals surface area contributed by atoms with Crippen LogP contribution in [0.4, 0.5) is 0 Å². The van der Waals surface area contributed by atoms with Crippen molar-refractivity contribution in [3.05, 3.63) is 76.6 Å². The van der Waals surface area contributed by atoms with Gasteiger partial charge in [-0.3, -0.25) is 9.89 Å². The number of likely N-dealkylation sites (N-methyl/N-ethyl adjacent to an activating group) is 1. The Kier molecular flexibility index (Phi) is 5.88. The molecule has 2 heterocycles. The third kappa shape index (κ3) is 4.16. The molecule has 0 bridgehead atoms. The van der Waals surface area contributed by atoms with Crippen LogP contribution in [0.15, 0.2) is 59.7 Å². The smallest absolute Gasteiger partial charge is 0.119 e. The molecule has 1 unspecified atom stereocenters. The minimum atomic E-state index is 0.187. The molecular formula is C23H25ClN4O. The van der Waals surface area contributed by atoms with Crippen molar-refractivity contribution < 1.29 is 4.74 Å². The third-order valence-corrected chi connectivity index (χ3v) is 5.55. The van der Waals surface area contributed by atoms with Crippen molar-refractivity contribution in [2.45, 2.75) is 12.5 Å². The number of aromatic nitrogens is 1. The van der Waals surface area contributed by atoms with Gasteiger partial charge < -0.3 is 15.5 Å². The summed E-state index contributed by atoms with van der Waals surface area (Å²) in [5.74, 6) is 0.848. The first kappa shape index (κ1) is 19.6. The lowest BCUT2D eigenvalue weighted by molar-refractivity contribution is 0.261. The molecule has 150 valence electrons. The fourth-order valence-corrected chi connectivity index (χ4v) is 4.12. The van der Waals surface area contributed by atoms with Crippen molar-refractivity contribution >= 4 is 28.7 Å². The Balaban J connectivity index is 1.53. The van der Waals surface area contributed by atoms with Gasteiger partial charge in [-0.15, -0.1) is 0 Å². The van der Waals surface area contributed by atoms with Crippen LogP contribution in [0.1, 0.15) is 22.9 Å². The molecule has 4 rings (SSSR count). The molecule has 0 amide bonds. The molecule has 3 N–H and O–H groups in total. The normalized spacial score (nSPS) is 17.4. The predicted molar refractivity (Wildman–Crippen MR) is 120 cm³/mol. The Morgan fingerprint density at radius 2 is 2.10 bits per heavy atom. The number of aromatic amines is 1. The molecule has 6 heteroatoms. The number of H-pyrrole nitrogens is 1. The van der Waals surface area contributed by atoms with Crippen LogP contribution in [0.2, 0.25) is 5.02 Å². The highest BCUT2D eigenvalue weighted by Crippen LogP contribution is 2.38. The average Bonchev–Trinajstić information content (AvgIpc) is 3.09. The van der Waals surface area contributed by atoms with Crippen molar-refractivity contribution in [3.8, 4) is 5.75 Å². The molecule has 3 aromatic rings. The summed E-state index contributed by atoms with van der Waals surface area (Å²) in [5.41, 5.74) is 10.3. The highest BCUT2D eigenvalue weighted by molar-refractivity contribution is 6.31. The average molecular weight is 409 g/mol. The zero-order valence-corrected chi connectivity index (χ0v) is 17.2. The zero-order valence-electron chi connectivity index (χ0n) is 16.4. The number of halogens is 1. The number of fused-ring (bicyclic) bond motifs is 3. The van der Waals surface area contributed by atoms with Gasteiger partial charge in [-0.25, -0.2) is 0 Å². The quantitative estimate of drug-likeness (QED) is 0.471. The standard InChI is InChI=1S/C23H25ClN4O/c1-28-13-9-19-20-15-17(24)5-8-21(20)27-22(19)23(28)16-3-6-18(7-4-16)29-14-12-26-11-2-10-25/h2-8,10-11,15,23,27H,9,12-14,25H2,1H3/b10-2-,26-11?. The summed E-state index contributed by atoms with van der Waals surface area (Å²) in [6, 6.07) is 14.6. The Labute approximate surface area is 175 Å². The minimum Gasteiger partial charge on any atom is -0.492 e. The third-order valence-electron chi connectivity index (χ3n) is 5.32. The second-order valence-electron chi connectivity index (χ2n) is 7.20. The van der Waals surface area contributed by atoms with E-state index >= 15 is 0 Å². The van der Waals surface area contributed by atoms with Crippen LogP contribution in [-0.2, 0) is 6.42 Å². The molecule has 0 radical (unpaired) electrons. The van der Waals surface area contributed by atoms with Crippen molar-refractivity contribution in [2.75, 3.05) is 26.7 Å². The molecule has 0 fully saturated rings. The number of allylic oxidation sites excluding steroid dienone is 1. The second-order valence-corrected chi connectivity index (χ2v) is 7.63. The lowest BCUT2D eigenvalue weighted by Gasteiger charge is -2.33. The fourth-order valence-electron chi connectivity index (χ4n) is 3.95. The summed E-state index contributed by atoms with van der Waals surface area (Å²) < 4.78 is 5.78. The molecule has 1 aromatic heterocycles. The van der Waals surface area contributed by atoms with Gasteiger partial charge >= 0.3 is 0 Å². The monoisotopic (exact) mass is 408 g/mol. The van der Waals surface area contributed by atoms with Crippen molar-refractivity contribution in [1.29, 1.82) is 0 Å². The molecule has 0 spiro atoms. The summed E-state index contributed by atoms with van der Waals surface area (Å²) in [7, 11) is 2.17. The van der Waals surface area contributed by atoms with Crippen LogP contribution in [0.3, 0.4) is 0 Å². The van der Waals surface area contributed by atoms with E-state index in [0.717, 1.165) is 29.3 Å². The summed E-state index contributed by atoms with van der Waals surface area (Å²) in [4.78, 5) is 10.2. The van der Waals surface area contributed by atoms with Gasteiger partial charge in [-0.1, -0.05) is 23.7 Å². The van der Waals surface area contributed by atoms with E-state index < -0.39 is 0 Å². The molecule has 2 aromatic carbocycles. The van der Waals surface area contributed by atoms with Crippen LogP contribution in [0, 0.1) is 0 Å². The van der Waals surface area contributed by atoms with E-state index in [4.69, 9.17) is 22.1 Å². The molecule has 1 atom stereocenters. The first-order valence-electron chi connectivity index (χ1n) is 9.77. The zero-order chi connectivity index (χ0) is 20.2. The number of nitrogens with one attached hydrogen (secondary N) is 1. The number of rotatable bonds is 6. The maximum absolute atomic E-state index is 6.24.